The minimum Gasteiger partial charge on any atom is -0.481 e. The minimum absolute atomic E-state index is 0.0808. The zero-order valence-corrected chi connectivity index (χ0v) is 8.90. The van der Waals surface area contributed by atoms with E-state index in [1.807, 2.05) is 6.92 Å². The van der Waals surface area contributed by atoms with Gasteiger partial charge in [0.2, 0.25) is 5.91 Å². The van der Waals surface area contributed by atoms with E-state index < -0.39 is 5.97 Å². The minimum atomic E-state index is -0.676. The fraction of sp³-hybridized carbons (Fsp3) is 0.818. The van der Waals surface area contributed by atoms with Crippen LogP contribution in [0.4, 0.5) is 0 Å². The van der Waals surface area contributed by atoms with Gasteiger partial charge in [-0.3, -0.25) is 9.59 Å². The first-order valence-corrected chi connectivity index (χ1v) is 5.64. The van der Waals surface area contributed by atoms with Crippen LogP contribution in [-0.2, 0) is 9.59 Å². The summed E-state index contributed by atoms with van der Waals surface area (Å²) in [5.74, 6) is 0.181. The lowest BCUT2D eigenvalue weighted by Crippen LogP contribution is -2.50. The fourth-order valence-electron chi connectivity index (χ4n) is 2.90. The number of aliphatic carboxylic acids is 1. The monoisotopic (exact) mass is 211 g/mol. The number of carbonyl (C=O) groups excluding carboxylic acids is 1. The Bertz CT molecular complexity index is 290. The van der Waals surface area contributed by atoms with E-state index in [1.165, 1.54) is 0 Å². The molecule has 0 spiro atoms. The SMILES string of the molecule is CCC(=O)NC1CC2CC(C(=O)O)CC21. The van der Waals surface area contributed by atoms with E-state index in [0.29, 0.717) is 18.3 Å². The van der Waals surface area contributed by atoms with Crippen LogP contribution in [0.1, 0.15) is 32.6 Å². The highest BCUT2D eigenvalue weighted by molar-refractivity contribution is 5.76. The molecule has 2 aliphatic carbocycles. The second kappa shape index (κ2) is 3.83. The Morgan fingerprint density at radius 2 is 2.07 bits per heavy atom. The number of amides is 1. The molecule has 0 bridgehead atoms. The smallest absolute Gasteiger partial charge is 0.306 e. The highest BCUT2D eigenvalue weighted by atomic mass is 16.4. The predicted octanol–water partition coefficient (Wildman–Crippen LogP) is 1.01. The summed E-state index contributed by atoms with van der Waals surface area (Å²) in [5.41, 5.74) is 0. The van der Waals surface area contributed by atoms with Gasteiger partial charge in [0.05, 0.1) is 5.92 Å². The van der Waals surface area contributed by atoms with Crippen LogP contribution < -0.4 is 5.32 Å². The van der Waals surface area contributed by atoms with Crippen LogP contribution >= 0.6 is 0 Å². The van der Waals surface area contributed by atoms with E-state index in [2.05, 4.69) is 5.32 Å². The molecule has 2 N–H and O–H groups in total. The van der Waals surface area contributed by atoms with Crippen LogP contribution in [0.25, 0.3) is 0 Å². The Balaban J connectivity index is 1.86. The third-order valence-corrected chi connectivity index (χ3v) is 3.84. The van der Waals surface area contributed by atoms with Gasteiger partial charge in [-0.15, -0.1) is 0 Å². The lowest BCUT2D eigenvalue weighted by atomic mass is 9.71. The number of nitrogens with one attached hydrogen (secondary N) is 1. The van der Waals surface area contributed by atoms with Gasteiger partial charge in [-0.1, -0.05) is 6.92 Å². The van der Waals surface area contributed by atoms with E-state index in [0.717, 1.165) is 19.3 Å². The van der Waals surface area contributed by atoms with Crippen molar-refractivity contribution in [1.82, 2.24) is 5.32 Å². The molecule has 0 heterocycles. The summed E-state index contributed by atoms with van der Waals surface area (Å²) < 4.78 is 0. The largest absolute Gasteiger partial charge is 0.481 e. The summed E-state index contributed by atoms with van der Waals surface area (Å²) in [6.45, 7) is 1.83. The summed E-state index contributed by atoms with van der Waals surface area (Å²) >= 11 is 0. The van der Waals surface area contributed by atoms with Crippen molar-refractivity contribution in [3.05, 3.63) is 0 Å². The number of carboxylic acids is 1. The third kappa shape index (κ3) is 1.85. The molecule has 4 atom stereocenters. The van der Waals surface area contributed by atoms with E-state index in [9.17, 15) is 9.59 Å². The standard InChI is InChI=1S/C11H17NO3/c1-2-10(13)12-9-5-6-3-7(11(14)15)4-8(6)9/h6-9H,2-5H2,1H3,(H,12,13)(H,14,15). The Hall–Kier alpha value is -1.06. The van der Waals surface area contributed by atoms with Gasteiger partial charge in [0, 0.05) is 12.5 Å². The van der Waals surface area contributed by atoms with Crippen LogP contribution in [0.15, 0.2) is 0 Å². The molecule has 4 nitrogen and oxygen atoms in total. The molecule has 0 radical (unpaired) electrons. The average molecular weight is 211 g/mol. The number of hydrogen-bond acceptors (Lipinski definition) is 2. The zero-order valence-electron chi connectivity index (χ0n) is 8.90. The van der Waals surface area contributed by atoms with Crippen LogP contribution in [0.3, 0.4) is 0 Å². The zero-order chi connectivity index (χ0) is 11.0. The molecule has 15 heavy (non-hydrogen) atoms. The van der Waals surface area contributed by atoms with Gasteiger partial charge >= 0.3 is 5.97 Å². The van der Waals surface area contributed by atoms with Gasteiger partial charge in [-0.25, -0.2) is 0 Å². The normalized spacial score (nSPS) is 37.9. The maximum absolute atomic E-state index is 11.2. The quantitative estimate of drug-likeness (QED) is 0.732. The summed E-state index contributed by atoms with van der Waals surface area (Å²) in [7, 11) is 0. The predicted molar refractivity (Wildman–Crippen MR) is 54.2 cm³/mol. The molecular formula is C11H17NO3. The van der Waals surface area contributed by atoms with Gasteiger partial charge in [0.15, 0.2) is 0 Å². The summed E-state index contributed by atoms with van der Waals surface area (Å²) in [5, 5.41) is 11.9. The second-order valence-corrected chi connectivity index (χ2v) is 4.69. The third-order valence-electron chi connectivity index (χ3n) is 3.84. The molecule has 0 aromatic carbocycles. The van der Waals surface area contributed by atoms with Crippen LogP contribution in [0.2, 0.25) is 0 Å². The number of hydrogen-bond donors (Lipinski definition) is 2. The number of rotatable bonds is 3. The van der Waals surface area contributed by atoms with Crippen LogP contribution in [-0.4, -0.2) is 23.0 Å². The maximum atomic E-state index is 11.2. The van der Waals surface area contributed by atoms with Crippen molar-refractivity contribution < 1.29 is 14.7 Å². The number of carboxylic acid groups (broad SMARTS) is 1. The molecule has 2 rings (SSSR count). The molecule has 4 unspecified atom stereocenters. The molecule has 2 fully saturated rings. The molecular weight excluding hydrogens is 194 g/mol. The van der Waals surface area contributed by atoms with Crippen molar-refractivity contribution in [1.29, 1.82) is 0 Å². The van der Waals surface area contributed by atoms with Crippen molar-refractivity contribution in [2.45, 2.75) is 38.6 Å². The lowest BCUT2D eigenvalue weighted by Gasteiger charge is -2.40. The average Bonchev–Trinajstić information content (AvgIpc) is 2.52. The van der Waals surface area contributed by atoms with Crippen molar-refractivity contribution in [3.8, 4) is 0 Å². The van der Waals surface area contributed by atoms with Crippen molar-refractivity contribution in [2.75, 3.05) is 0 Å². The van der Waals surface area contributed by atoms with E-state index in [-0.39, 0.29) is 17.9 Å². The first-order chi connectivity index (χ1) is 7.11. The highest BCUT2D eigenvalue weighted by Crippen LogP contribution is 2.49. The Morgan fingerprint density at radius 1 is 1.33 bits per heavy atom. The van der Waals surface area contributed by atoms with Crippen LogP contribution in [0, 0.1) is 17.8 Å². The van der Waals surface area contributed by atoms with E-state index in [4.69, 9.17) is 5.11 Å². The molecule has 2 aliphatic rings. The highest BCUT2D eigenvalue weighted by Gasteiger charge is 2.49. The van der Waals surface area contributed by atoms with Gasteiger partial charge < -0.3 is 10.4 Å². The molecule has 84 valence electrons. The fourth-order valence-corrected chi connectivity index (χ4v) is 2.90. The molecule has 1 amide bonds. The molecule has 0 aromatic rings. The first-order valence-electron chi connectivity index (χ1n) is 5.64. The van der Waals surface area contributed by atoms with Crippen LogP contribution in [0.5, 0.6) is 0 Å². The molecule has 2 saturated carbocycles. The second-order valence-electron chi connectivity index (χ2n) is 4.69. The number of fused-ring (bicyclic) bond motifs is 1. The molecule has 4 heteroatoms. The topological polar surface area (TPSA) is 66.4 Å². The Kier molecular flexibility index (Phi) is 2.67. The van der Waals surface area contributed by atoms with Gasteiger partial charge in [0.25, 0.3) is 0 Å². The Morgan fingerprint density at radius 3 is 2.67 bits per heavy atom. The summed E-state index contributed by atoms with van der Waals surface area (Å²) in [6, 6.07) is 0.242. The maximum Gasteiger partial charge on any atom is 0.306 e. The molecule has 0 aromatic heterocycles. The van der Waals surface area contributed by atoms with Crippen molar-refractivity contribution in [3.63, 3.8) is 0 Å². The van der Waals surface area contributed by atoms with Gasteiger partial charge in [0.1, 0.15) is 0 Å². The Labute approximate surface area is 89.0 Å². The van der Waals surface area contributed by atoms with Crippen molar-refractivity contribution in [2.24, 2.45) is 17.8 Å². The van der Waals surface area contributed by atoms with E-state index >= 15 is 0 Å². The lowest BCUT2D eigenvalue weighted by molar-refractivity contribution is -0.141. The van der Waals surface area contributed by atoms with Gasteiger partial charge in [-0.2, -0.15) is 0 Å². The summed E-state index contributed by atoms with van der Waals surface area (Å²) in [4.78, 5) is 22.0. The van der Waals surface area contributed by atoms with Crippen molar-refractivity contribution >= 4 is 11.9 Å². The number of carbonyl (C=O) groups is 2. The molecule has 0 aliphatic heterocycles. The van der Waals surface area contributed by atoms with Gasteiger partial charge in [-0.05, 0) is 31.1 Å². The summed E-state index contributed by atoms with van der Waals surface area (Å²) in [6.07, 6.45) is 3.03. The van der Waals surface area contributed by atoms with E-state index in [1.54, 1.807) is 0 Å². The molecule has 0 saturated heterocycles. The first kappa shape index (κ1) is 10.5.